The molecule has 0 aliphatic carbocycles. The molecule has 0 saturated heterocycles. The van der Waals surface area contributed by atoms with E-state index < -0.39 is 0 Å². The number of benzene rings is 2. The van der Waals surface area contributed by atoms with Crippen LogP contribution in [0.1, 0.15) is 41.6 Å². The van der Waals surface area contributed by atoms with Gasteiger partial charge in [-0.3, -0.25) is 4.79 Å². The minimum absolute atomic E-state index is 0.129. The fourth-order valence-corrected chi connectivity index (χ4v) is 2.63. The third kappa shape index (κ3) is 3.15. The van der Waals surface area contributed by atoms with Crippen LogP contribution in [-0.2, 0) is 0 Å². The molecule has 3 aromatic rings. The van der Waals surface area contributed by atoms with Crippen LogP contribution >= 0.6 is 0 Å². The Morgan fingerprint density at radius 3 is 2.62 bits per heavy atom. The van der Waals surface area contributed by atoms with Crippen molar-refractivity contribution in [3.05, 3.63) is 65.2 Å². The van der Waals surface area contributed by atoms with Gasteiger partial charge in [0, 0.05) is 5.56 Å². The zero-order chi connectivity index (χ0) is 17.3. The van der Waals surface area contributed by atoms with Crippen molar-refractivity contribution < 1.29 is 9.18 Å². The molecule has 2 N–H and O–H groups in total. The minimum Gasteiger partial charge on any atom is -0.342 e. The summed E-state index contributed by atoms with van der Waals surface area (Å²) < 4.78 is 13.7. The number of carbonyl (C=O) groups is 1. The molecule has 1 atom stereocenters. The molecule has 1 aromatic heterocycles. The number of hydrogen-bond donors (Lipinski definition) is 2. The van der Waals surface area contributed by atoms with Gasteiger partial charge in [-0.05, 0) is 42.7 Å². The number of imidazole rings is 1. The standard InChI is InChI=1S/C19H20FN3O/c1-11(2)17(18-21-15-6-4-5-7-16(15)22-18)23-19(24)13-9-8-12(3)14(20)10-13/h4-11,17H,1-3H3,(H,21,22)(H,23,24)/t17-/m0/s1. The molecule has 5 heteroatoms. The largest absolute Gasteiger partial charge is 0.342 e. The summed E-state index contributed by atoms with van der Waals surface area (Å²) >= 11 is 0. The average molecular weight is 325 g/mol. The topological polar surface area (TPSA) is 57.8 Å². The first-order valence-corrected chi connectivity index (χ1v) is 7.97. The van der Waals surface area contributed by atoms with Crippen molar-refractivity contribution in [2.75, 3.05) is 0 Å². The van der Waals surface area contributed by atoms with Crippen molar-refractivity contribution in [1.82, 2.24) is 15.3 Å². The summed E-state index contributed by atoms with van der Waals surface area (Å²) in [6.45, 7) is 5.68. The van der Waals surface area contributed by atoms with E-state index in [0.717, 1.165) is 11.0 Å². The SMILES string of the molecule is Cc1ccc(C(=O)N[C@H](c2nc3ccccc3[nH]2)C(C)C)cc1F. The molecule has 124 valence electrons. The molecule has 0 fully saturated rings. The van der Waals surface area contributed by atoms with Gasteiger partial charge in [-0.1, -0.05) is 32.0 Å². The summed E-state index contributed by atoms with van der Waals surface area (Å²) in [7, 11) is 0. The number of carbonyl (C=O) groups excluding carboxylic acids is 1. The Bertz CT molecular complexity index is 852. The minimum atomic E-state index is -0.382. The molecular weight excluding hydrogens is 305 g/mol. The number of nitrogens with zero attached hydrogens (tertiary/aromatic N) is 1. The van der Waals surface area contributed by atoms with Crippen LogP contribution in [0.5, 0.6) is 0 Å². The van der Waals surface area contributed by atoms with E-state index in [2.05, 4.69) is 15.3 Å². The lowest BCUT2D eigenvalue weighted by Gasteiger charge is -2.20. The normalized spacial score (nSPS) is 12.5. The molecule has 24 heavy (non-hydrogen) atoms. The van der Waals surface area contributed by atoms with Crippen molar-refractivity contribution in [2.45, 2.75) is 26.8 Å². The van der Waals surface area contributed by atoms with Crippen LogP contribution < -0.4 is 5.32 Å². The second-order valence-corrected chi connectivity index (χ2v) is 6.30. The highest BCUT2D eigenvalue weighted by Crippen LogP contribution is 2.23. The summed E-state index contributed by atoms with van der Waals surface area (Å²) in [6, 6.07) is 11.9. The number of halogens is 1. The summed E-state index contributed by atoms with van der Waals surface area (Å²) in [5.41, 5.74) is 2.60. The van der Waals surface area contributed by atoms with E-state index in [4.69, 9.17) is 0 Å². The second kappa shape index (κ2) is 6.43. The van der Waals surface area contributed by atoms with Crippen LogP contribution in [0.25, 0.3) is 11.0 Å². The number of aromatic amines is 1. The van der Waals surface area contributed by atoms with Crippen molar-refractivity contribution in [3.8, 4) is 0 Å². The predicted molar refractivity (Wildman–Crippen MR) is 92.3 cm³/mol. The van der Waals surface area contributed by atoms with Gasteiger partial charge in [-0.2, -0.15) is 0 Å². The Morgan fingerprint density at radius 2 is 1.96 bits per heavy atom. The number of rotatable bonds is 4. The molecule has 3 rings (SSSR count). The Hall–Kier alpha value is -2.69. The molecule has 1 amide bonds. The zero-order valence-electron chi connectivity index (χ0n) is 13.9. The number of para-hydroxylation sites is 2. The number of aromatic nitrogens is 2. The lowest BCUT2D eigenvalue weighted by Crippen LogP contribution is -2.32. The van der Waals surface area contributed by atoms with E-state index in [-0.39, 0.29) is 23.7 Å². The Kier molecular flexibility index (Phi) is 4.34. The highest BCUT2D eigenvalue weighted by atomic mass is 19.1. The average Bonchev–Trinajstić information content (AvgIpc) is 2.98. The van der Waals surface area contributed by atoms with E-state index in [1.54, 1.807) is 19.1 Å². The quantitative estimate of drug-likeness (QED) is 0.757. The Morgan fingerprint density at radius 1 is 1.21 bits per heavy atom. The van der Waals surface area contributed by atoms with Crippen LogP contribution in [0.15, 0.2) is 42.5 Å². The number of amides is 1. The molecule has 0 saturated carbocycles. The van der Waals surface area contributed by atoms with Gasteiger partial charge in [0.05, 0.1) is 17.1 Å². The smallest absolute Gasteiger partial charge is 0.251 e. The Labute approximate surface area is 140 Å². The number of fused-ring (bicyclic) bond motifs is 1. The lowest BCUT2D eigenvalue weighted by molar-refractivity contribution is 0.0923. The first-order chi connectivity index (χ1) is 11.5. The zero-order valence-corrected chi connectivity index (χ0v) is 13.9. The monoisotopic (exact) mass is 325 g/mol. The molecule has 2 aromatic carbocycles. The third-order valence-electron chi connectivity index (χ3n) is 4.09. The Balaban J connectivity index is 1.88. The van der Waals surface area contributed by atoms with E-state index >= 15 is 0 Å². The fourth-order valence-electron chi connectivity index (χ4n) is 2.63. The van der Waals surface area contributed by atoms with Crippen LogP contribution in [0, 0.1) is 18.7 Å². The van der Waals surface area contributed by atoms with Crippen LogP contribution in [0.4, 0.5) is 4.39 Å². The number of hydrogen-bond acceptors (Lipinski definition) is 2. The van der Waals surface area contributed by atoms with Crippen molar-refractivity contribution in [3.63, 3.8) is 0 Å². The number of H-pyrrole nitrogens is 1. The highest BCUT2D eigenvalue weighted by molar-refractivity contribution is 5.94. The van der Waals surface area contributed by atoms with Crippen LogP contribution in [-0.4, -0.2) is 15.9 Å². The van der Waals surface area contributed by atoms with Crippen molar-refractivity contribution in [2.24, 2.45) is 5.92 Å². The van der Waals surface area contributed by atoms with Gasteiger partial charge in [0.15, 0.2) is 0 Å². The van der Waals surface area contributed by atoms with Gasteiger partial charge in [-0.25, -0.2) is 9.37 Å². The maximum Gasteiger partial charge on any atom is 0.251 e. The highest BCUT2D eigenvalue weighted by Gasteiger charge is 2.22. The maximum absolute atomic E-state index is 13.7. The first kappa shape index (κ1) is 16.2. The van der Waals surface area contributed by atoms with Gasteiger partial charge in [0.1, 0.15) is 11.6 Å². The van der Waals surface area contributed by atoms with Crippen molar-refractivity contribution in [1.29, 1.82) is 0 Å². The predicted octanol–water partition coefficient (Wildman–Crippen LogP) is 4.14. The van der Waals surface area contributed by atoms with E-state index in [9.17, 15) is 9.18 Å². The summed E-state index contributed by atoms with van der Waals surface area (Å²) in [5.74, 6) is 0.137. The first-order valence-electron chi connectivity index (χ1n) is 7.97. The van der Waals surface area contributed by atoms with Gasteiger partial charge in [0.25, 0.3) is 5.91 Å². The molecule has 1 heterocycles. The number of nitrogens with one attached hydrogen (secondary N) is 2. The summed E-state index contributed by atoms with van der Waals surface area (Å²) in [6.07, 6.45) is 0. The summed E-state index contributed by atoms with van der Waals surface area (Å²) in [4.78, 5) is 20.3. The van der Waals surface area contributed by atoms with E-state index in [1.807, 2.05) is 38.1 Å². The van der Waals surface area contributed by atoms with E-state index in [1.165, 1.54) is 6.07 Å². The molecule has 0 unspecified atom stereocenters. The van der Waals surface area contributed by atoms with Crippen LogP contribution in [0.2, 0.25) is 0 Å². The van der Waals surface area contributed by atoms with Gasteiger partial charge < -0.3 is 10.3 Å². The molecular formula is C19H20FN3O. The molecule has 0 aliphatic heterocycles. The maximum atomic E-state index is 13.7. The van der Waals surface area contributed by atoms with E-state index in [0.29, 0.717) is 17.0 Å². The van der Waals surface area contributed by atoms with Crippen LogP contribution in [0.3, 0.4) is 0 Å². The molecule has 0 aliphatic rings. The fraction of sp³-hybridized carbons (Fsp3) is 0.263. The second-order valence-electron chi connectivity index (χ2n) is 6.30. The molecule has 0 spiro atoms. The van der Waals surface area contributed by atoms with Crippen molar-refractivity contribution >= 4 is 16.9 Å². The molecule has 0 bridgehead atoms. The number of aryl methyl sites for hydroxylation is 1. The third-order valence-corrected chi connectivity index (χ3v) is 4.09. The summed E-state index contributed by atoms with van der Waals surface area (Å²) in [5, 5.41) is 2.96. The van der Waals surface area contributed by atoms with Gasteiger partial charge in [-0.15, -0.1) is 0 Å². The van der Waals surface area contributed by atoms with Gasteiger partial charge in [0.2, 0.25) is 0 Å². The molecule has 4 nitrogen and oxygen atoms in total. The van der Waals surface area contributed by atoms with Gasteiger partial charge >= 0.3 is 0 Å². The lowest BCUT2D eigenvalue weighted by atomic mass is 10.0. The molecule has 0 radical (unpaired) electrons.